The summed E-state index contributed by atoms with van der Waals surface area (Å²) in [6, 6.07) is 3.76. The van der Waals surface area contributed by atoms with E-state index < -0.39 is 11.6 Å². The van der Waals surface area contributed by atoms with E-state index in [-0.39, 0.29) is 41.8 Å². The smallest absolute Gasteiger partial charge is 0.222 e. The molecule has 8 heteroatoms. The van der Waals surface area contributed by atoms with Gasteiger partial charge in [0, 0.05) is 51.1 Å². The number of carbonyl (C=O) groups excluding carboxylic acids is 1. The van der Waals surface area contributed by atoms with Gasteiger partial charge in [0.2, 0.25) is 5.91 Å². The van der Waals surface area contributed by atoms with Crippen molar-refractivity contribution >= 4 is 35.8 Å². The molecule has 0 bridgehead atoms. The molecule has 2 atom stereocenters. The molecule has 26 heavy (non-hydrogen) atoms. The maximum atomic E-state index is 13.9. The molecule has 1 aromatic carbocycles. The highest BCUT2D eigenvalue weighted by Crippen LogP contribution is 2.20. The van der Waals surface area contributed by atoms with Gasteiger partial charge in [0.1, 0.15) is 11.6 Å². The molecule has 146 valence electrons. The average molecular weight is 480 g/mol. The van der Waals surface area contributed by atoms with E-state index in [0.29, 0.717) is 37.6 Å². The number of amides is 1. The first-order valence-corrected chi connectivity index (χ1v) is 8.64. The summed E-state index contributed by atoms with van der Waals surface area (Å²) in [4.78, 5) is 17.8. The highest BCUT2D eigenvalue weighted by Gasteiger charge is 2.23. The molecule has 0 aromatic heterocycles. The molecule has 1 aromatic rings. The van der Waals surface area contributed by atoms with Crippen LogP contribution in [0.3, 0.4) is 0 Å². The van der Waals surface area contributed by atoms with Crippen molar-refractivity contribution in [2.24, 2.45) is 4.99 Å². The zero-order chi connectivity index (χ0) is 18.4. The SMILES string of the molecule is CCNC(=NCC(C)c1ccc(F)cc1F)NC1CCC(=O)N(C)C1.I. The molecule has 5 nitrogen and oxygen atoms in total. The third-order valence-electron chi connectivity index (χ3n) is 4.33. The number of hydrogen-bond acceptors (Lipinski definition) is 2. The van der Waals surface area contributed by atoms with Crippen LogP contribution < -0.4 is 10.6 Å². The van der Waals surface area contributed by atoms with Crippen LogP contribution in [0.4, 0.5) is 8.78 Å². The summed E-state index contributed by atoms with van der Waals surface area (Å²) < 4.78 is 26.9. The van der Waals surface area contributed by atoms with Crippen LogP contribution >= 0.6 is 24.0 Å². The predicted octanol–water partition coefficient (Wildman–Crippen LogP) is 2.86. The van der Waals surface area contributed by atoms with E-state index in [9.17, 15) is 13.6 Å². The van der Waals surface area contributed by atoms with Crippen LogP contribution in [0.15, 0.2) is 23.2 Å². The summed E-state index contributed by atoms with van der Waals surface area (Å²) >= 11 is 0. The van der Waals surface area contributed by atoms with E-state index >= 15 is 0 Å². The summed E-state index contributed by atoms with van der Waals surface area (Å²) in [6.07, 6.45) is 1.28. The number of halogens is 3. The van der Waals surface area contributed by atoms with Gasteiger partial charge in [-0.2, -0.15) is 0 Å². The maximum absolute atomic E-state index is 13.9. The molecule has 0 aliphatic carbocycles. The van der Waals surface area contributed by atoms with Crippen molar-refractivity contribution in [3.05, 3.63) is 35.4 Å². The lowest BCUT2D eigenvalue weighted by atomic mass is 10.0. The zero-order valence-corrected chi connectivity index (χ0v) is 17.7. The number of likely N-dealkylation sites (tertiary alicyclic amines) is 1. The number of benzene rings is 1. The Labute approximate surface area is 170 Å². The Kier molecular flexibility index (Phi) is 9.24. The maximum Gasteiger partial charge on any atom is 0.222 e. The van der Waals surface area contributed by atoms with Gasteiger partial charge in [0.05, 0.1) is 0 Å². The molecule has 2 N–H and O–H groups in total. The molecular weight excluding hydrogens is 453 g/mol. The van der Waals surface area contributed by atoms with E-state index in [1.807, 2.05) is 13.8 Å². The topological polar surface area (TPSA) is 56.7 Å². The number of nitrogens with one attached hydrogen (secondary N) is 2. The second-order valence-corrected chi connectivity index (χ2v) is 6.44. The van der Waals surface area contributed by atoms with Crippen molar-refractivity contribution in [3.63, 3.8) is 0 Å². The Morgan fingerprint density at radius 1 is 1.42 bits per heavy atom. The number of rotatable bonds is 5. The molecule has 1 fully saturated rings. The summed E-state index contributed by atoms with van der Waals surface area (Å²) in [5, 5.41) is 6.50. The fraction of sp³-hybridized carbons (Fsp3) is 0.556. The number of hydrogen-bond donors (Lipinski definition) is 2. The van der Waals surface area contributed by atoms with Gasteiger partial charge in [-0.1, -0.05) is 13.0 Å². The average Bonchev–Trinajstić information content (AvgIpc) is 2.56. The number of likely N-dealkylation sites (N-methyl/N-ethyl adjacent to an activating group) is 1. The van der Waals surface area contributed by atoms with E-state index in [1.165, 1.54) is 12.1 Å². The first-order chi connectivity index (χ1) is 11.9. The fourth-order valence-corrected chi connectivity index (χ4v) is 2.87. The molecule has 2 rings (SSSR count). The van der Waals surface area contributed by atoms with Gasteiger partial charge < -0.3 is 15.5 Å². The van der Waals surface area contributed by atoms with Gasteiger partial charge in [-0.05, 0) is 25.0 Å². The number of piperidine rings is 1. The van der Waals surface area contributed by atoms with Crippen molar-refractivity contribution in [2.45, 2.75) is 38.6 Å². The minimum absolute atomic E-state index is 0. The van der Waals surface area contributed by atoms with Crippen LogP contribution in [0.1, 0.15) is 38.2 Å². The first-order valence-electron chi connectivity index (χ1n) is 8.64. The third kappa shape index (κ3) is 6.37. The summed E-state index contributed by atoms with van der Waals surface area (Å²) in [7, 11) is 1.79. The minimum Gasteiger partial charge on any atom is -0.357 e. The molecule has 1 heterocycles. The van der Waals surface area contributed by atoms with Crippen molar-refractivity contribution < 1.29 is 13.6 Å². The van der Waals surface area contributed by atoms with Crippen molar-refractivity contribution in [1.29, 1.82) is 0 Å². The second kappa shape index (κ2) is 10.6. The Bertz CT molecular complexity index is 642. The summed E-state index contributed by atoms with van der Waals surface area (Å²) in [6.45, 7) is 5.53. The second-order valence-electron chi connectivity index (χ2n) is 6.44. The highest BCUT2D eigenvalue weighted by molar-refractivity contribution is 14.0. The first kappa shape index (κ1) is 22.6. The standard InChI is InChI=1S/C18H26F2N4O.HI/c1-4-21-18(23-14-6-8-17(25)24(3)11-14)22-10-12(2)15-7-5-13(19)9-16(15)20;/h5,7,9,12,14H,4,6,8,10-11H2,1-3H3,(H2,21,22,23);1H. The lowest BCUT2D eigenvalue weighted by Crippen LogP contribution is -2.51. The van der Waals surface area contributed by atoms with Gasteiger partial charge in [0.15, 0.2) is 5.96 Å². The monoisotopic (exact) mass is 480 g/mol. The molecule has 1 aliphatic heterocycles. The Balaban J connectivity index is 0.00000338. The summed E-state index contributed by atoms with van der Waals surface area (Å²) in [5.74, 6) is -0.507. The van der Waals surface area contributed by atoms with Crippen LogP contribution in [0.5, 0.6) is 0 Å². The van der Waals surface area contributed by atoms with Gasteiger partial charge in [-0.15, -0.1) is 24.0 Å². The fourth-order valence-electron chi connectivity index (χ4n) is 2.87. The molecule has 1 amide bonds. The molecule has 0 radical (unpaired) electrons. The van der Waals surface area contributed by atoms with Crippen LogP contribution in [-0.4, -0.2) is 49.5 Å². The molecular formula is C18H27F2IN4O. The number of nitrogens with zero attached hydrogens (tertiary/aromatic N) is 2. The predicted molar refractivity (Wildman–Crippen MR) is 110 cm³/mol. The molecule has 0 spiro atoms. The van der Waals surface area contributed by atoms with Crippen LogP contribution in [0.25, 0.3) is 0 Å². The molecule has 2 unspecified atom stereocenters. The van der Waals surface area contributed by atoms with Gasteiger partial charge in [-0.3, -0.25) is 9.79 Å². The lowest BCUT2D eigenvalue weighted by Gasteiger charge is -2.31. The highest BCUT2D eigenvalue weighted by atomic mass is 127. The number of guanidine groups is 1. The molecule has 0 saturated carbocycles. The summed E-state index contributed by atoms with van der Waals surface area (Å²) in [5.41, 5.74) is 0.448. The van der Waals surface area contributed by atoms with Crippen molar-refractivity contribution in [1.82, 2.24) is 15.5 Å². The number of aliphatic imine (C=N–C) groups is 1. The third-order valence-corrected chi connectivity index (χ3v) is 4.33. The van der Waals surface area contributed by atoms with Crippen LogP contribution in [0, 0.1) is 11.6 Å². The van der Waals surface area contributed by atoms with Crippen molar-refractivity contribution in [2.75, 3.05) is 26.7 Å². The van der Waals surface area contributed by atoms with Gasteiger partial charge in [-0.25, -0.2) is 8.78 Å². The largest absolute Gasteiger partial charge is 0.357 e. The quantitative estimate of drug-likeness (QED) is 0.387. The van der Waals surface area contributed by atoms with E-state index in [2.05, 4.69) is 15.6 Å². The molecule has 1 aliphatic rings. The molecule has 1 saturated heterocycles. The van der Waals surface area contributed by atoms with Crippen molar-refractivity contribution in [3.8, 4) is 0 Å². The normalized spacial score (nSPS) is 19.0. The van der Waals surface area contributed by atoms with Gasteiger partial charge >= 0.3 is 0 Å². The van der Waals surface area contributed by atoms with Crippen LogP contribution in [-0.2, 0) is 4.79 Å². The Hall–Kier alpha value is -1.45. The minimum atomic E-state index is -0.581. The number of carbonyl (C=O) groups is 1. The Morgan fingerprint density at radius 3 is 2.77 bits per heavy atom. The Morgan fingerprint density at radius 2 is 2.15 bits per heavy atom. The van der Waals surface area contributed by atoms with E-state index in [1.54, 1.807) is 11.9 Å². The lowest BCUT2D eigenvalue weighted by molar-refractivity contribution is -0.132. The van der Waals surface area contributed by atoms with Gasteiger partial charge in [0.25, 0.3) is 0 Å². The van der Waals surface area contributed by atoms with Crippen LogP contribution in [0.2, 0.25) is 0 Å². The zero-order valence-electron chi connectivity index (χ0n) is 15.4. The van der Waals surface area contributed by atoms with E-state index in [0.717, 1.165) is 12.5 Å². The van der Waals surface area contributed by atoms with E-state index in [4.69, 9.17) is 0 Å².